The van der Waals surface area contributed by atoms with Crippen LogP contribution >= 0.6 is 0 Å². The second kappa shape index (κ2) is 6.90. The van der Waals surface area contributed by atoms with Crippen molar-refractivity contribution in [1.29, 1.82) is 5.26 Å². The summed E-state index contributed by atoms with van der Waals surface area (Å²) in [5.41, 5.74) is 8.57. The van der Waals surface area contributed by atoms with Gasteiger partial charge in [-0.1, -0.05) is 36.4 Å². The number of para-hydroxylation sites is 2. The lowest BCUT2D eigenvalue weighted by atomic mass is 9.84. The summed E-state index contributed by atoms with van der Waals surface area (Å²) in [7, 11) is 0. The van der Waals surface area contributed by atoms with Gasteiger partial charge in [0.2, 0.25) is 5.88 Å². The molecule has 144 valence electrons. The van der Waals surface area contributed by atoms with Gasteiger partial charge in [-0.3, -0.25) is 14.3 Å². The Balaban J connectivity index is 1.94. The molecule has 0 spiro atoms. The Morgan fingerprint density at radius 1 is 1.03 bits per heavy atom. The van der Waals surface area contributed by atoms with Crippen molar-refractivity contribution in [3.63, 3.8) is 0 Å². The van der Waals surface area contributed by atoms with Crippen molar-refractivity contribution in [2.24, 2.45) is 5.73 Å². The Labute approximate surface area is 172 Å². The summed E-state index contributed by atoms with van der Waals surface area (Å²) in [5, 5.41) is 10.6. The third kappa shape index (κ3) is 2.57. The van der Waals surface area contributed by atoms with Gasteiger partial charge < -0.3 is 10.5 Å². The summed E-state index contributed by atoms with van der Waals surface area (Å²) < 4.78 is 7.52. The first-order chi connectivity index (χ1) is 14.7. The third-order valence-corrected chi connectivity index (χ3v) is 5.28. The molecule has 1 atom stereocenters. The lowest BCUT2D eigenvalue weighted by Gasteiger charge is -2.28. The van der Waals surface area contributed by atoms with Gasteiger partial charge >= 0.3 is 0 Å². The smallest absolute Gasteiger partial charge is 0.263 e. The van der Waals surface area contributed by atoms with Gasteiger partial charge in [0, 0.05) is 23.5 Å². The van der Waals surface area contributed by atoms with E-state index in [4.69, 9.17) is 10.5 Å². The molecule has 2 N–H and O–H groups in total. The molecule has 0 bridgehead atoms. The minimum atomic E-state index is -0.667. The number of aromatic nitrogens is 2. The summed E-state index contributed by atoms with van der Waals surface area (Å²) in [6.45, 7) is 0. The van der Waals surface area contributed by atoms with Crippen LogP contribution in [-0.2, 0) is 0 Å². The van der Waals surface area contributed by atoms with Crippen molar-refractivity contribution < 1.29 is 4.74 Å². The van der Waals surface area contributed by atoms with Gasteiger partial charge in [-0.25, -0.2) is 0 Å². The van der Waals surface area contributed by atoms with Crippen LogP contribution in [0, 0.1) is 11.3 Å². The number of ether oxygens (including phenoxy) is 1. The van der Waals surface area contributed by atoms with Crippen molar-refractivity contribution in [2.45, 2.75) is 5.92 Å². The average molecular weight is 392 g/mol. The van der Waals surface area contributed by atoms with Gasteiger partial charge in [-0.2, -0.15) is 5.26 Å². The molecule has 0 fully saturated rings. The van der Waals surface area contributed by atoms with Crippen molar-refractivity contribution in [3.8, 4) is 17.5 Å². The second-order valence-electron chi connectivity index (χ2n) is 6.95. The number of pyridine rings is 2. The van der Waals surface area contributed by atoms with E-state index in [0.29, 0.717) is 22.4 Å². The summed E-state index contributed by atoms with van der Waals surface area (Å²) in [6, 6.07) is 22.6. The third-order valence-electron chi connectivity index (χ3n) is 5.28. The first-order valence-electron chi connectivity index (χ1n) is 9.41. The molecule has 5 rings (SSSR count). The zero-order valence-corrected chi connectivity index (χ0v) is 15.8. The molecule has 6 nitrogen and oxygen atoms in total. The van der Waals surface area contributed by atoms with Crippen molar-refractivity contribution in [2.75, 3.05) is 0 Å². The maximum Gasteiger partial charge on any atom is 0.263 e. The highest BCUT2D eigenvalue weighted by Crippen LogP contribution is 2.43. The largest absolute Gasteiger partial charge is 0.439 e. The Hall–Kier alpha value is -4.37. The number of nitrogens with zero attached hydrogens (tertiary/aromatic N) is 3. The topological polar surface area (TPSA) is 93.9 Å². The van der Waals surface area contributed by atoms with Crippen LogP contribution < -0.4 is 16.0 Å². The number of nitrogens with two attached hydrogens (primary N) is 1. The molecular formula is C24H16N4O2. The lowest BCUT2D eigenvalue weighted by Crippen LogP contribution is -2.31. The van der Waals surface area contributed by atoms with Crippen LogP contribution in [0.3, 0.4) is 0 Å². The quantitative estimate of drug-likeness (QED) is 0.562. The molecule has 4 aromatic rings. The monoisotopic (exact) mass is 392 g/mol. The highest BCUT2D eigenvalue weighted by molar-refractivity contribution is 5.89. The summed E-state index contributed by atoms with van der Waals surface area (Å²) in [6.07, 6.45) is 3.29. The first-order valence-corrected chi connectivity index (χ1v) is 9.41. The molecule has 30 heavy (non-hydrogen) atoms. The van der Waals surface area contributed by atoms with Gasteiger partial charge in [0.25, 0.3) is 5.56 Å². The molecule has 1 unspecified atom stereocenters. The van der Waals surface area contributed by atoms with Crippen LogP contribution in [0.25, 0.3) is 16.6 Å². The number of hydrogen-bond acceptors (Lipinski definition) is 5. The number of rotatable bonds is 2. The van der Waals surface area contributed by atoms with E-state index >= 15 is 0 Å². The molecular weight excluding hydrogens is 376 g/mol. The number of nitriles is 1. The molecule has 3 heterocycles. The fourth-order valence-electron chi connectivity index (χ4n) is 3.98. The van der Waals surface area contributed by atoms with E-state index < -0.39 is 5.92 Å². The molecule has 0 saturated heterocycles. The number of fused-ring (bicyclic) bond motifs is 3. The Bertz CT molecular complexity index is 1400. The highest BCUT2D eigenvalue weighted by atomic mass is 16.5. The predicted molar refractivity (Wildman–Crippen MR) is 113 cm³/mol. The molecule has 0 amide bonds. The fraction of sp³-hybridized carbons (Fsp3) is 0.0417. The zero-order chi connectivity index (χ0) is 20.7. The normalized spacial score (nSPS) is 15.4. The van der Waals surface area contributed by atoms with Gasteiger partial charge in [-0.15, -0.1) is 0 Å². The summed E-state index contributed by atoms with van der Waals surface area (Å²) >= 11 is 0. The van der Waals surface area contributed by atoms with Crippen LogP contribution in [0.4, 0.5) is 0 Å². The molecule has 0 saturated carbocycles. The van der Waals surface area contributed by atoms with E-state index in [-0.39, 0.29) is 17.0 Å². The van der Waals surface area contributed by atoms with Gasteiger partial charge in [0.15, 0.2) is 0 Å². The minimum absolute atomic E-state index is 0.000803. The number of allylic oxidation sites excluding steroid dienone is 1. The SMILES string of the molecule is N#CC1=C(N)Oc2c(c(=O)n(-c3ccccc3)c3ccccc23)C1c1cccnc1. The zero-order valence-electron chi connectivity index (χ0n) is 15.8. The van der Waals surface area contributed by atoms with E-state index in [1.165, 1.54) is 0 Å². The van der Waals surface area contributed by atoms with Crippen LogP contribution in [0.15, 0.2) is 95.4 Å². The van der Waals surface area contributed by atoms with Crippen LogP contribution in [-0.4, -0.2) is 9.55 Å². The van der Waals surface area contributed by atoms with E-state index in [2.05, 4.69) is 11.1 Å². The van der Waals surface area contributed by atoms with Gasteiger partial charge in [0.1, 0.15) is 17.4 Å². The fourth-order valence-corrected chi connectivity index (χ4v) is 3.98. The molecule has 1 aliphatic rings. The van der Waals surface area contributed by atoms with Crippen LogP contribution in [0.5, 0.6) is 5.75 Å². The average Bonchev–Trinajstić information content (AvgIpc) is 2.79. The Morgan fingerprint density at radius 2 is 1.80 bits per heavy atom. The van der Waals surface area contributed by atoms with Crippen molar-refractivity contribution >= 4 is 10.9 Å². The van der Waals surface area contributed by atoms with Gasteiger partial charge in [-0.05, 0) is 35.9 Å². The Morgan fingerprint density at radius 3 is 2.53 bits per heavy atom. The predicted octanol–water partition coefficient (Wildman–Crippen LogP) is 3.60. The Kier molecular flexibility index (Phi) is 4.08. The molecule has 2 aromatic carbocycles. The van der Waals surface area contributed by atoms with E-state index in [9.17, 15) is 10.1 Å². The van der Waals surface area contributed by atoms with E-state index in [0.717, 1.165) is 11.1 Å². The maximum absolute atomic E-state index is 13.9. The molecule has 6 heteroatoms. The summed E-state index contributed by atoms with van der Waals surface area (Å²) in [4.78, 5) is 18.0. The highest BCUT2D eigenvalue weighted by Gasteiger charge is 2.35. The standard InChI is InChI=1S/C24H16N4O2/c25-13-18-20(15-7-6-12-27-14-15)21-22(30-23(18)26)17-10-4-5-11-19(17)28(24(21)29)16-8-2-1-3-9-16/h1-12,14,20H,26H2. The molecule has 1 aliphatic heterocycles. The van der Waals surface area contributed by atoms with Crippen LogP contribution in [0.2, 0.25) is 0 Å². The van der Waals surface area contributed by atoms with Crippen LogP contribution in [0.1, 0.15) is 17.0 Å². The molecule has 0 aliphatic carbocycles. The molecule has 0 radical (unpaired) electrons. The van der Waals surface area contributed by atoms with E-state index in [1.54, 1.807) is 23.0 Å². The van der Waals surface area contributed by atoms with Crippen molar-refractivity contribution in [1.82, 2.24) is 9.55 Å². The van der Waals surface area contributed by atoms with Gasteiger partial charge in [0.05, 0.1) is 17.0 Å². The number of hydrogen-bond donors (Lipinski definition) is 1. The minimum Gasteiger partial charge on any atom is -0.439 e. The maximum atomic E-state index is 13.9. The lowest BCUT2D eigenvalue weighted by molar-refractivity contribution is 0.396. The number of benzene rings is 2. The second-order valence-corrected chi connectivity index (χ2v) is 6.95. The molecule has 2 aromatic heterocycles. The van der Waals surface area contributed by atoms with Crippen molar-refractivity contribution in [3.05, 3.63) is 112 Å². The first kappa shape index (κ1) is 17.7. The summed E-state index contributed by atoms with van der Waals surface area (Å²) in [5.74, 6) is -0.284. The van der Waals surface area contributed by atoms with E-state index in [1.807, 2.05) is 60.7 Å².